The molecule has 22 heavy (non-hydrogen) atoms. The number of rotatable bonds is 4. The van der Waals surface area contributed by atoms with E-state index in [-0.39, 0.29) is 6.54 Å². The molecular formula is C19H17NO2. The molecule has 2 rings (SSSR count). The molecule has 0 aliphatic rings. The second kappa shape index (κ2) is 7.70. The summed E-state index contributed by atoms with van der Waals surface area (Å²) >= 11 is 0. The van der Waals surface area contributed by atoms with Crippen LogP contribution in [0.15, 0.2) is 54.6 Å². The van der Waals surface area contributed by atoms with E-state index in [0.29, 0.717) is 0 Å². The van der Waals surface area contributed by atoms with Crippen molar-refractivity contribution in [3.8, 4) is 12.3 Å². The Hall–Kier alpha value is -2.99. The van der Waals surface area contributed by atoms with E-state index in [9.17, 15) is 4.79 Å². The number of methoxy groups -OCH3 is 1. The van der Waals surface area contributed by atoms with Crippen molar-refractivity contribution in [3.63, 3.8) is 0 Å². The second-order valence-electron chi connectivity index (χ2n) is 4.56. The lowest BCUT2D eigenvalue weighted by Gasteiger charge is -2.20. The zero-order valence-corrected chi connectivity index (χ0v) is 12.4. The van der Waals surface area contributed by atoms with E-state index in [0.717, 1.165) is 16.8 Å². The van der Waals surface area contributed by atoms with Gasteiger partial charge < -0.3 is 4.74 Å². The van der Waals surface area contributed by atoms with E-state index >= 15 is 0 Å². The monoisotopic (exact) mass is 291 g/mol. The van der Waals surface area contributed by atoms with Crippen LogP contribution in [0.4, 0.5) is 10.5 Å². The lowest BCUT2D eigenvalue weighted by molar-refractivity contribution is 0.179. The van der Waals surface area contributed by atoms with Crippen LogP contribution in [0.25, 0.3) is 12.2 Å². The molecule has 110 valence electrons. The van der Waals surface area contributed by atoms with E-state index < -0.39 is 6.09 Å². The maximum absolute atomic E-state index is 11.9. The van der Waals surface area contributed by atoms with Gasteiger partial charge in [-0.3, -0.25) is 4.90 Å². The van der Waals surface area contributed by atoms with Crippen LogP contribution in [0.2, 0.25) is 0 Å². The van der Waals surface area contributed by atoms with Gasteiger partial charge in [0, 0.05) is 0 Å². The van der Waals surface area contributed by atoms with Gasteiger partial charge in [0.1, 0.15) is 0 Å². The molecule has 0 saturated heterocycles. The number of carbonyl (C=O) groups is 1. The Morgan fingerprint density at radius 3 is 2.50 bits per heavy atom. The fourth-order valence-electron chi connectivity index (χ4n) is 2.07. The molecule has 0 aromatic heterocycles. The first kappa shape index (κ1) is 15.4. The topological polar surface area (TPSA) is 29.5 Å². The van der Waals surface area contributed by atoms with Gasteiger partial charge in [0.15, 0.2) is 0 Å². The standard InChI is InChI=1S/C19H17NO2/c1-3-15-20(19(21)22-2)18-12-8-7-11-17(18)14-13-16-9-5-4-6-10-16/h1,4-14H,15H2,2H3. The van der Waals surface area contributed by atoms with Gasteiger partial charge in [0.2, 0.25) is 0 Å². The summed E-state index contributed by atoms with van der Waals surface area (Å²) in [6.45, 7) is 0.156. The molecular weight excluding hydrogens is 274 g/mol. The Balaban J connectivity index is 2.35. The van der Waals surface area contributed by atoms with Gasteiger partial charge in [-0.05, 0) is 17.2 Å². The highest BCUT2D eigenvalue weighted by Gasteiger charge is 2.16. The summed E-state index contributed by atoms with van der Waals surface area (Å²) in [7, 11) is 1.34. The van der Waals surface area contributed by atoms with Crippen LogP contribution >= 0.6 is 0 Å². The molecule has 0 aliphatic carbocycles. The smallest absolute Gasteiger partial charge is 0.414 e. The maximum Gasteiger partial charge on any atom is 0.414 e. The van der Waals surface area contributed by atoms with Crippen LogP contribution in [0.3, 0.4) is 0 Å². The van der Waals surface area contributed by atoms with E-state index in [2.05, 4.69) is 5.92 Å². The number of benzene rings is 2. The Labute approximate surface area is 130 Å². The van der Waals surface area contributed by atoms with Crippen molar-refractivity contribution in [2.24, 2.45) is 0 Å². The quantitative estimate of drug-likeness (QED) is 0.628. The molecule has 0 saturated carbocycles. The molecule has 0 N–H and O–H groups in total. The minimum atomic E-state index is -0.474. The lowest BCUT2D eigenvalue weighted by Crippen LogP contribution is -2.31. The number of nitrogens with zero attached hydrogens (tertiary/aromatic N) is 1. The fraction of sp³-hybridized carbons (Fsp3) is 0.105. The van der Waals surface area contributed by atoms with Gasteiger partial charge in [0.05, 0.1) is 19.3 Å². The Kier molecular flexibility index (Phi) is 5.39. The maximum atomic E-state index is 11.9. The van der Waals surface area contributed by atoms with E-state index in [1.165, 1.54) is 12.0 Å². The van der Waals surface area contributed by atoms with Crippen LogP contribution < -0.4 is 4.90 Å². The van der Waals surface area contributed by atoms with Crippen LogP contribution in [-0.2, 0) is 4.74 Å². The van der Waals surface area contributed by atoms with Crippen LogP contribution in [0.1, 0.15) is 11.1 Å². The van der Waals surface area contributed by atoms with Gasteiger partial charge in [-0.15, -0.1) is 6.42 Å². The van der Waals surface area contributed by atoms with Crippen molar-refractivity contribution in [1.29, 1.82) is 0 Å². The third kappa shape index (κ3) is 3.77. The third-order valence-corrected chi connectivity index (χ3v) is 3.13. The van der Waals surface area contributed by atoms with Gasteiger partial charge >= 0.3 is 6.09 Å². The Morgan fingerprint density at radius 2 is 1.82 bits per heavy atom. The van der Waals surface area contributed by atoms with Crippen molar-refractivity contribution < 1.29 is 9.53 Å². The number of ether oxygens (including phenoxy) is 1. The highest BCUT2D eigenvalue weighted by Crippen LogP contribution is 2.23. The number of para-hydroxylation sites is 1. The average molecular weight is 291 g/mol. The number of terminal acetylenes is 1. The molecule has 0 spiro atoms. The largest absolute Gasteiger partial charge is 0.452 e. The minimum absolute atomic E-state index is 0.156. The molecule has 0 bridgehead atoms. The zero-order valence-electron chi connectivity index (χ0n) is 12.4. The molecule has 0 aliphatic heterocycles. The van der Waals surface area contributed by atoms with E-state index in [1.54, 1.807) is 0 Å². The zero-order chi connectivity index (χ0) is 15.8. The van der Waals surface area contributed by atoms with Gasteiger partial charge in [-0.1, -0.05) is 66.6 Å². The first-order valence-corrected chi connectivity index (χ1v) is 6.87. The minimum Gasteiger partial charge on any atom is -0.452 e. The molecule has 0 fully saturated rings. The lowest BCUT2D eigenvalue weighted by atomic mass is 10.1. The summed E-state index contributed by atoms with van der Waals surface area (Å²) < 4.78 is 4.80. The van der Waals surface area contributed by atoms with Crippen molar-refractivity contribution >= 4 is 23.9 Å². The second-order valence-corrected chi connectivity index (χ2v) is 4.56. The average Bonchev–Trinajstić information content (AvgIpc) is 2.58. The van der Waals surface area contributed by atoms with E-state index in [4.69, 9.17) is 11.2 Å². The summed E-state index contributed by atoms with van der Waals surface area (Å²) in [4.78, 5) is 13.3. The Morgan fingerprint density at radius 1 is 1.14 bits per heavy atom. The summed E-state index contributed by atoms with van der Waals surface area (Å²) in [6.07, 6.45) is 8.83. The summed E-state index contributed by atoms with van der Waals surface area (Å²) in [6, 6.07) is 17.5. The highest BCUT2D eigenvalue weighted by atomic mass is 16.5. The van der Waals surface area contributed by atoms with Crippen molar-refractivity contribution in [3.05, 3.63) is 65.7 Å². The molecule has 2 aromatic rings. The number of amides is 1. The molecule has 3 heteroatoms. The number of anilines is 1. The number of carbonyl (C=O) groups excluding carboxylic acids is 1. The summed E-state index contributed by atoms with van der Waals surface area (Å²) in [5.41, 5.74) is 2.70. The first-order valence-electron chi connectivity index (χ1n) is 6.87. The predicted molar refractivity (Wildman–Crippen MR) is 90.4 cm³/mol. The molecule has 0 radical (unpaired) electrons. The van der Waals surface area contributed by atoms with Crippen LogP contribution in [0, 0.1) is 12.3 Å². The molecule has 3 nitrogen and oxygen atoms in total. The predicted octanol–water partition coefficient (Wildman–Crippen LogP) is 4.06. The van der Waals surface area contributed by atoms with Crippen LogP contribution in [-0.4, -0.2) is 19.7 Å². The molecule has 2 aromatic carbocycles. The summed E-state index contributed by atoms with van der Waals surface area (Å²) in [5, 5.41) is 0. The molecule has 0 unspecified atom stereocenters. The Bertz CT molecular complexity index is 699. The molecule has 0 atom stereocenters. The van der Waals surface area contributed by atoms with Crippen molar-refractivity contribution in [2.45, 2.75) is 0 Å². The number of hydrogen-bond acceptors (Lipinski definition) is 2. The third-order valence-electron chi connectivity index (χ3n) is 3.13. The van der Waals surface area contributed by atoms with Gasteiger partial charge in [-0.25, -0.2) is 4.79 Å². The van der Waals surface area contributed by atoms with Gasteiger partial charge in [-0.2, -0.15) is 0 Å². The first-order chi connectivity index (χ1) is 10.8. The SMILES string of the molecule is C#CCN(C(=O)OC)c1ccccc1C=Cc1ccccc1. The number of hydrogen-bond donors (Lipinski definition) is 0. The normalized spacial score (nSPS) is 10.2. The highest BCUT2D eigenvalue weighted by molar-refractivity contribution is 5.92. The van der Waals surface area contributed by atoms with E-state index in [1.807, 2.05) is 66.7 Å². The fourth-order valence-corrected chi connectivity index (χ4v) is 2.07. The van der Waals surface area contributed by atoms with Crippen molar-refractivity contribution in [1.82, 2.24) is 0 Å². The molecule has 1 amide bonds. The summed E-state index contributed by atoms with van der Waals surface area (Å²) in [5.74, 6) is 2.48. The molecule has 0 heterocycles. The van der Waals surface area contributed by atoms with Crippen LogP contribution in [0.5, 0.6) is 0 Å². The van der Waals surface area contributed by atoms with Gasteiger partial charge in [0.25, 0.3) is 0 Å². The van der Waals surface area contributed by atoms with Crippen molar-refractivity contribution in [2.75, 3.05) is 18.6 Å².